The average molecular weight is 306 g/mol. The molecule has 1 saturated carbocycles. The van der Waals surface area contributed by atoms with Gasteiger partial charge in [0.05, 0.1) is 6.61 Å². The van der Waals surface area contributed by atoms with Gasteiger partial charge in [0.2, 0.25) is 0 Å². The molecule has 3 N–H and O–H groups in total. The molecule has 0 aliphatic heterocycles. The van der Waals surface area contributed by atoms with Gasteiger partial charge in [-0.05, 0) is 56.4 Å². The second-order valence-corrected chi connectivity index (χ2v) is 5.78. The van der Waals surface area contributed by atoms with Gasteiger partial charge >= 0.3 is 6.09 Å². The molecule has 2 rings (SSSR count). The van der Waals surface area contributed by atoms with Gasteiger partial charge in [-0.25, -0.2) is 4.79 Å². The number of nitrogens with two attached hydrogens (primary N) is 1. The maximum Gasteiger partial charge on any atom is 0.404 e. The van der Waals surface area contributed by atoms with E-state index < -0.39 is 6.09 Å². The Hall–Kier alpha value is -1.91. The summed E-state index contributed by atoms with van der Waals surface area (Å²) in [5.74, 6) is 0.914. The van der Waals surface area contributed by atoms with Gasteiger partial charge in [-0.1, -0.05) is 13.3 Å². The van der Waals surface area contributed by atoms with Crippen LogP contribution in [0.3, 0.4) is 0 Å². The van der Waals surface area contributed by atoms with Crippen molar-refractivity contribution in [3.63, 3.8) is 0 Å². The Labute approximate surface area is 132 Å². The molecule has 22 heavy (non-hydrogen) atoms. The number of rotatable bonds is 7. The predicted molar refractivity (Wildman–Crippen MR) is 87.2 cm³/mol. The lowest BCUT2D eigenvalue weighted by Crippen LogP contribution is -2.32. The van der Waals surface area contributed by atoms with Gasteiger partial charge in [-0.2, -0.15) is 0 Å². The summed E-state index contributed by atoms with van der Waals surface area (Å²) in [7, 11) is 0. The lowest BCUT2D eigenvalue weighted by Gasteiger charge is -2.29. The van der Waals surface area contributed by atoms with Crippen LogP contribution in [-0.4, -0.2) is 24.8 Å². The third-order valence-corrected chi connectivity index (χ3v) is 3.95. The Morgan fingerprint density at radius 3 is 2.50 bits per heavy atom. The molecule has 0 saturated heterocycles. The molecular formula is C17H26N2O3. The van der Waals surface area contributed by atoms with Crippen LogP contribution in [0.4, 0.5) is 10.5 Å². The number of benzene rings is 1. The van der Waals surface area contributed by atoms with Crippen molar-refractivity contribution < 1.29 is 14.3 Å². The molecule has 5 nitrogen and oxygen atoms in total. The monoisotopic (exact) mass is 306 g/mol. The zero-order valence-corrected chi connectivity index (χ0v) is 13.2. The highest BCUT2D eigenvalue weighted by molar-refractivity contribution is 5.64. The number of carbonyl (C=O) groups excluding carboxylic acids is 1. The summed E-state index contributed by atoms with van der Waals surface area (Å²) in [6.45, 7) is 2.92. The van der Waals surface area contributed by atoms with Crippen molar-refractivity contribution in [2.24, 2.45) is 5.73 Å². The Balaban J connectivity index is 1.74. The van der Waals surface area contributed by atoms with E-state index in [1.165, 1.54) is 0 Å². The van der Waals surface area contributed by atoms with E-state index in [0.29, 0.717) is 6.04 Å². The molecule has 1 amide bonds. The van der Waals surface area contributed by atoms with Crippen molar-refractivity contribution in [1.29, 1.82) is 0 Å². The molecule has 0 radical (unpaired) electrons. The molecular weight excluding hydrogens is 280 g/mol. The predicted octanol–water partition coefficient (Wildman–Crippen LogP) is 3.68. The van der Waals surface area contributed by atoms with Gasteiger partial charge in [0, 0.05) is 11.7 Å². The SMILES string of the molecule is CCCCOc1ccc(NC2CCC(OC(N)=O)CC2)cc1. The third kappa shape index (κ3) is 5.47. The summed E-state index contributed by atoms with van der Waals surface area (Å²) in [4.78, 5) is 10.7. The van der Waals surface area contributed by atoms with Gasteiger partial charge in [0.25, 0.3) is 0 Å². The van der Waals surface area contributed by atoms with Crippen LogP contribution in [0.15, 0.2) is 24.3 Å². The molecule has 1 aliphatic rings. The Morgan fingerprint density at radius 1 is 1.23 bits per heavy atom. The highest BCUT2D eigenvalue weighted by Gasteiger charge is 2.23. The number of unbranched alkanes of at least 4 members (excludes halogenated alkanes) is 1. The molecule has 5 heteroatoms. The van der Waals surface area contributed by atoms with E-state index in [-0.39, 0.29) is 6.10 Å². The summed E-state index contributed by atoms with van der Waals surface area (Å²) < 4.78 is 10.7. The number of nitrogens with one attached hydrogen (secondary N) is 1. The summed E-state index contributed by atoms with van der Waals surface area (Å²) >= 11 is 0. The summed E-state index contributed by atoms with van der Waals surface area (Å²) in [6.07, 6.45) is 5.20. The minimum atomic E-state index is -0.671. The first-order valence-corrected chi connectivity index (χ1v) is 8.13. The fraction of sp³-hybridized carbons (Fsp3) is 0.588. The summed E-state index contributed by atoms with van der Waals surface area (Å²) in [5, 5.41) is 3.52. The van der Waals surface area contributed by atoms with Crippen LogP contribution in [0.1, 0.15) is 45.4 Å². The molecule has 1 aromatic carbocycles. The molecule has 1 fully saturated rings. The normalized spacial score (nSPS) is 21.1. The molecule has 0 spiro atoms. The van der Waals surface area contributed by atoms with E-state index in [1.807, 2.05) is 24.3 Å². The van der Waals surface area contributed by atoms with Gasteiger partial charge < -0.3 is 20.5 Å². The van der Waals surface area contributed by atoms with Gasteiger partial charge in [0.15, 0.2) is 0 Å². The van der Waals surface area contributed by atoms with Gasteiger partial charge in [-0.15, -0.1) is 0 Å². The standard InChI is InChI=1S/C17H26N2O3/c1-2-3-12-21-15-8-4-13(5-9-15)19-14-6-10-16(11-7-14)22-17(18)20/h4-5,8-9,14,16,19H,2-3,6-7,10-12H2,1H3,(H2,18,20). The minimum absolute atomic E-state index is 0.0232. The van der Waals surface area contributed by atoms with E-state index in [4.69, 9.17) is 15.2 Å². The van der Waals surface area contributed by atoms with Crippen molar-refractivity contribution in [3.05, 3.63) is 24.3 Å². The first kappa shape index (κ1) is 16.5. The Kier molecular flexibility index (Phi) is 6.37. The van der Waals surface area contributed by atoms with Crippen LogP contribution in [0, 0.1) is 0 Å². The molecule has 0 bridgehead atoms. The van der Waals surface area contributed by atoms with Crippen molar-refractivity contribution >= 4 is 11.8 Å². The smallest absolute Gasteiger partial charge is 0.404 e. The van der Waals surface area contributed by atoms with Crippen LogP contribution in [0.25, 0.3) is 0 Å². The van der Waals surface area contributed by atoms with E-state index in [1.54, 1.807) is 0 Å². The molecule has 0 unspecified atom stereocenters. The maximum atomic E-state index is 10.7. The number of ether oxygens (including phenoxy) is 2. The molecule has 1 aliphatic carbocycles. The lowest BCUT2D eigenvalue weighted by atomic mass is 9.93. The van der Waals surface area contributed by atoms with E-state index in [9.17, 15) is 4.79 Å². The van der Waals surface area contributed by atoms with Crippen LogP contribution >= 0.6 is 0 Å². The van der Waals surface area contributed by atoms with E-state index >= 15 is 0 Å². The number of hydrogen-bond donors (Lipinski definition) is 2. The van der Waals surface area contributed by atoms with Crippen LogP contribution < -0.4 is 15.8 Å². The zero-order chi connectivity index (χ0) is 15.8. The second kappa shape index (κ2) is 8.51. The first-order chi connectivity index (χ1) is 10.7. The fourth-order valence-corrected chi connectivity index (χ4v) is 2.71. The Morgan fingerprint density at radius 2 is 1.91 bits per heavy atom. The zero-order valence-electron chi connectivity index (χ0n) is 13.2. The number of anilines is 1. The Bertz CT molecular complexity index is 453. The van der Waals surface area contributed by atoms with E-state index in [0.717, 1.165) is 56.6 Å². The molecule has 122 valence electrons. The second-order valence-electron chi connectivity index (χ2n) is 5.78. The molecule has 0 heterocycles. The van der Waals surface area contributed by atoms with Crippen molar-refractivity contribution in [3.8, 4) is 5.75 Å². The third-order valence-electron chi connectivity index (χ3n) is 3.95. The van der Waals surface area contributed by atoms with E-state index in [2.05, 4.69) is 12.2 Å². The first-order valence-electron chi connectivity index (χ1n) is 8.13. The average Bonchev–Trinajstić information content (AvgIpc) is 2.51. The lowest BCUT2D eigenvalue weighted by molar-refractivity contribution is 0.0806. The fourth-order valence-electron chi connectivity index (χ4n) is 2.71. The summed E-state index contributed by atoms with van der Waals surface area (Å²) in [6, 6.07) is 8.51. The quantitative estimate of drug-likeness (QED) is 0.754. The molecule has 0 aromatic heterocycles. The number of carbonyl (C=O) groups is 1. The van der Waals surface area contributed by atoms with Crippen LogP contribution in [0.2, 0.25) is 0 Å². The molecule has 0 atom stereocenters. The number of primary amides is 1. The number of amides is 1. The molecule has 1 aromatic rings. The minimum Gasteiger partial charge on any atom is -0.494 e. The highest BCUT2D eigenvalue weighted by Crippen LogP contribution is 2.25. The number of hydrogen-bond acceptors (Lipinski definition) is 4. The van der Waals surface area contributed by atoms with Gasteiger partial charge in [-0.3, -0.25) is 0 Å². The highest BCUT2D eigenvalue weighted by atomic mass is 16.6. The maximum absolute atomic E-state index is 10.7. The van der Waals surface area contributed by atoms with Crippen LogP contribution in [-0.2, 0) is 4.74 Å². The largest absolute Gasteiger partial charge is 0.494 e. The van der Waals surface area contributed by atoms with Crippen molar-refractivity contribution in [2.45, 2.75) is 57.6 Å². The summed E-state index contributed by atoms with van der Waals surface area (Å²) in [5.41, 5.74) is 6.15. The van der Waals surface area contributed by atoms with Crippen LogP contribution in [0.5, 0.6) is 5.75 Å². The van der Waals surface area contributed by atoms with Gasteiger partial charge in [0.1, 0.15) is 11.9 Å². The van der Waals surface area contributed by atoms with Crippen molar-refractivity contribution in [1.82, 2.24) is 0 Å². The van der Waals surface area contributed by atoms with Crippen molar-refractivity contribution in [2.75, 3.05) is 11.9 Å². The topological polar surface area (TPSA) is 73.6 Å².